The van der Waals surface area contributed by atoms with Crippen molar-refractivity contribution >= 4 is 45.7 Å². The minimum Gasteiger partial charge on any atom is -0.330 e. The van der Waals surface area contributed by atoms with Crippen LogP contribution in [0.25, 0.3) is 0 Å². The maximum Gasteiger partial charge on any atom is 0.209 e. The highest BCUT2D eigenvalue weighted by Gasteiger charge is 2.27. The van der Waals surface area contributed by atoms with Gasteiger partial charge in [0.1, 0.15) is 0 Å². The van der Waals surface area contributed by atoms with Crippen LogP contribution in [-0.2, 0) is 6.67 Å². The summed E-state index contributed by atoms with van der Waals surface area (Å²) in [4.78, 5) is 3.93. The summed E-state index contributed by atoms with van der Waals surface area (Å²) >= 11 is 8.92. The predicted molar refractivity (Wildman–Crippen MR) is 108 cm³/mol. The zero-order valence-corrected chi connectivity index (χ0v) is 16.5. The number of nitrogens with one attached hydrogen (secondary N) is 1. The smallest absolute Gasteiger partial charge is 0.209 e. The van der Waals surface area contributed by atoms with Gasteiger partial charge in [-0.1, -0.05) is 35.6 Å². The van der Waals surface area contributed by atoms with Crippen LogP contribution in [0.5, 0.6) is 0 Å². The summed E-state index contributed by atoms with van der Waals surface area (Å²) in [6.45, 7) is 3.95. The van der Waals surface area contributed by atoms with Gasteiger partial charge in [-0.15, -0.1) is 16.4 Å². The van der Waals surface area contributed by atoms with Crippen molar-refractivity contribution in [1.82, 2.24) is 14.7 Å². The van der Waals surface area contributed by atoms with E-state index in [0.29, 0.717) is 6.04 Å². The summed E-state index contributed by atoms with van der Waals surface area (Å²) in [6.07, 6.45) is 2.45. The Hall–Kier alpha value is -1.54. The van der Waals surface area contributed by atoms with Crippen molar-refractivity contribution in [3.63, 3.8) is 0 Å². The van der Waals surface area contributed by atoms with Gasteiger partial charge in [-0.2, -0.15) is 0 Å². The highest BCUT2D eigenvalue weighted by atomic mass is 32.1. The number of aryl methyl sites for hydroxylation is 1. The van der Waals surface area contributed by atoms with Crippen molar-refractivity contribution in [3.05, 3.63) is 56.2 Å². The average Bonchev–Trinajstić information content (AvgIpc) is 3.32. The lowest BCUT2D eigenvalue weighted by atomic mass is 10.2. The SMILES string of the molecule is Cc1ccccc1Nc1nn(CN2CCC[C@H]2c2cccs2)c(=S)s1. The van der Waals surface area contributed by atoms with Crippen molar-refractivity contribution in [2.24, 2.45) is 0 Å². The number of thiophene rings is 1. The molecule has 130 valence electrons. The van der Waals surface area contributed by atoms with E-state index in [4.69, 9.17) is 17.3 Å². The fourth-order valence-corrected chi connectivity index (χ4v) is 5.15. The molecule has 1 N–H and O–H groups in total. The lowest BCUT2D eigenvalue weighted by Crippen LogP contribution is -2.26. The Labute approximate surface area is 160 Å². The normalized spacial score (nSPS) is 17.9. The third-order valence-electron chi connectivity index (χ3n) is 4.54. The molecule has 0 aliphatic carbocycles. The highest BCUT2D eigenvalue weighted by Crippen LogP contribution is 2.35. The van der Waals surface area contributed by atoms with Crippen molar-refractivity contribution in [2.75, 3.05) is 11.9 Å². The lowest BCUT2D eigenvalue weighted by molar-refractivity contribution is 0.193. The fraction of sp³-hybridized carbons (Fsp3) is 0.333. The highest BCUT2D eigenvalue weighted by molar-refractivity contribution is 7.73. The Morgan fingerprint density at radius 1 is 1.28 bits per heavy atom. The molecule has 0 unspecified atom stereocenters. The van der Waals surface area contributed by atoms with Crippen LogP contribution in [0.15, 0.2) is 41.8 Å². The third-order valence-corrected chi connectivity index (χ3v) is 6.74. The van der Waals surface area contributed by atoms with E-state index in [1.165, 1.54) is 34.6 Å². The molecule has 0 spiro atoms. The van der Waals surface area contributed by atoms with Crippen LogP contribution in [0.4, 0.5) is 10.8 Å². The molecular formula is C18H20N4S3. The number of hydrogen-bond donors (Lipinski definition) is 1. The number of nitrogens with zero attached hydrogens (tertiary/aromatic N) is 3. The van der Waals surface area contributed by atoms with Gasteiger partial charge >= 0.3 is 0 Å². The Morgan fingerprint density at radius 2 is 2.16 bits per heavy atom. The van der Waals surface area contributed by atoms with Crippen molar-refractivity contribution < 1.29 is 0 Å². The van der Waals surface area contributed by atoms with E-state index in [1.54, 1.807) is 0 Å². The minimum atomic E-state index is 0.497. The molecule has 25 heavy (non-hydrogen) atoms. The van der Waals surface area contributed by atoms with E-state index in [9.17, 15) is 0 Å². The number of rotatable bonds is 5. The van der Waals surface area contributed by atoms with Crippen molar-refractivity contribution in [2.45, 2.75) is 32.5 Å². The van der Waals surface area contributed by atoms with E-state index in [-0.39, 0.29) is 0 Å². The maximum atomic E-state index is 5.55. The third kappa shape index (κ3) is 3.69. The molecule has 0 saturated carbocycles. The number of para-hydroxylation sites is 1. The second-order valence-electron chi connectivity index (χ2n) is 6.24. The van der Waals surface area contributed by atoms with Crippen molar-refractivity contribution in [3.8, 4) is 0 Å². The first-order valence-corrected chi connectivity index (χ1v) is 10.5. The zero-order chi connectivity index (χ0) is 17.2. The summed E-state index contributed by atoms with van der Waals surface area (Å²) in [7, 11) is 0. The van der Waals surface area contributed by atoms with Gasteiger partial charge in [0.25, 0.3) is 0 Å². The molecular weight excluding hydrogens is 368 g/mol. The van der Waals surface area contributed by atoms with E-state index in [1.807, 2.05) is 28.2 Å². The first-order valence-electron chi connectivity index (χ1n) is 8.39. The number of anilines is 2. The van der Waals surface area contributed by atoms with Crippen LogP contribution in [0.2, 0.25) is 0 Å². The van der Waals surface area contributed by atoms with E-state index >= 15 is 0 Å². The van der Waals surface area contributed by atoms with Crippen LogP contribution in [0.3, 0.4) is 0 Å². The lowest BCUT2D eigenvalue weighted by Gasteiger charge is -2.23. The van der Waals surface area contributed by atoms with E-state index in [0.717, 1.165) is 28.0 Å². The molecule has 0 amide bonds. The second-order valence-corrected chi connectivity index (χ2v) is 8.84. The van der Waals surface area contributed by atoms with Crippen LogP contribution in [0, 0.1) is 10.9 Å². The topological polar surface area (TPSA) is 33.1 Å². The monoisotopic (exact) mass is 388 g/mol. The standard InChI is InChI=1S/C18H20N4S3/c1-13-6-2-3-7-14(13)19-17-20-22(18(23)25-17)12-21-10-4-8-15(21)16-9-5-11-24-16/h2-3,5-7,9,11,15H,4,8,10,12H2,1H3,(H,19,20)/t15-/m0/s1. The minimum absolute atomic E-state index is 0.497. The molecule has 2 aromatic heterocycles. The van der Waals surface area contributed by atoms with Gasteiger partial charge in [-0.25, -0.2) is 4.68 Å². The molecule has 3 aromatic rings. The zero-order valence-electron chi connectivity index (χ0n) is 14.0. The number of aromatic nitrogens is 2. The summed E-state index contributed by atoms with van der Waals surface area (Å²) < 4.78 is 2.76. The fourth-order valence-electron chi connectivity index (χ4n) is 3.25. The molecule has 4 nitrogen and oxygen atoms in total. The Kier molecular flexibility index (Phi) is 4.98. The predicted octanol–water partition coefficient (Wildman–Crippen LogP) is 5.58. The largest absolute Gasteiger partial charge is 0.330 e. The molecule has 7 heteroatoms. The molecule has 1 saturated heterocycles. The molecule has 1 fully saturated rings. The van der Waals surface area contributed by atoms with Gasteiger partial charge in [0.05, 0.1) is 6.67 Å². The van der Waals surface area contributed by atoms with Crippen molar-refractivity contribution in [1.29, 1.82) is 0 Å². The molecule has 1 aliphatic heterocycles. The van der Waals surface area contributed by atoms with Crippen LogP contribution < -0.4 is 5.32 Å². The van der Waals surface area contributed by atoms with Gasteiger partial charge in [0.2, 0.25) is 5.13 Å². The first kappa shape index (κ1) is 16.9. The Bertz CT molecular complexity index is 897. The molecule has 4 rings (SSSR count). The summed E-state index contributed by atoms with van der Waals surface area (Å²) in [6, 6.07) is 13.1. The average molecular weight is 389 g/mol. The summed E-state index contributed by atoms with van der Waals surface area (Å²) in [5, 5.41) is 11.1. The second kappa shape index (κ2) is 7.37. The van der Waals surface area contributed by atoms with Gasteiger partial charge in [0, 0.05) is 23.2 Å². The summed E-state index contributed by atoms with van der Waals surface area (Å²) in [5.41, 5.74) is 2.28. The van der Waals surface area contributed by atoms with Gasteiger partial charge in [0.15, 0.2) is 3.95 Å². The molecule has 1 atom stereocenters. The quantitative estimate of drug-likeness (QED) is 0.578. The van der Waals surface area contributed by atoms with E-state index in [2.05, 4.69) is 46.8 Å². The number of likely N-dealkylation sites (tertiary alicyclic amines) is 1. The molecule has 0 bridgehead atoms. The van der Waals surface area contributed by atoms with Gasteiger partial charge in [-0.05, 0) is 55.1 Å². The Morgan fingerprint density at radius 3 is 2.96 bits per heavy atom. The van der Waals surface area contributed by atoms with Crippen LogP contribution >= 0.6 is 34.9 Å². The maximum absolute atomic E-state index is 5.55. The summed E-state index contributed by atoms with van der Waals surface area (Å²) in [5.74, 6) is 0. The number of benzene rings is 1. The molecule has 1 aromatic carbocycles. The molecule has 3 heterocycles. The molecule has 0 radical (unpaired) electrons. The molecule has 1 aliphatic rings. The van der Waals surface area contributed by atoms with Crippen LogP contribution in [-0.4, -0.2) is 21.2 Å². The number of hydrogen-bond acceptors (Lipinski definition) is 6. The first-order chi connectivity index (χ1) is 12.2. The van der Waals surface area contributed by atoms with Gasteiger partial charge < -0.3 is 5.32 Å². The van der Waals surface area contributed by atoms with Crippen LogP contribution in [0.1, 0.15) is 29.3 Å². The Balaban J connectivity index is 1.51. The van der Waals surface area contributed by atoms with Gasteiger partial charge in [-0.3, -0.25) is 4.90 Å². The van der Waals surface area contributed by atoms with E-state index < -0.39 is 0 Å².